The van der Waals surface area contributed by atoms with Crippen molar-refractivity contribution in [3.8, 4) is 11.1 Å². The van der Waals surface area contributed by atoms with Gasteiger partial charge in [-0.15, -0.1) is 0 Å². The van der Waals surface area contributed by atoms with Gasteiger partial charge in [-0.25, -0.2) is 19.6 Å². The van der Waals surface area contributed by atoms with Crippen LogP contribution in [0.5, 0.6) is 0 Å². The number of carboxylic acid groups (broad SMARTS) is 1. The molecule has 4 bridgehead atoms. The van der Waals surface area contributed by atoms with Gasteiger partial charge in [0.1, 0.15) is 12.4 Å². The number of aromatic carboxylic acids is 1. The first kappa shape index (κ1) is 62.7. The molecule has 2 atom stereocenters. The number of ether oxygens (including phenoxy) is 5. The molecule has 0 saturated heterocycles. The Morgan fingerprint density at radius 1 is 0.775 bits per heavy atom. The van der Waals surface area contributed by atoms with E-state index in [0.29, 0.717) is 107 Å². The molecule has 4 fully saturated rings. The van der Waals surface area contributed by atoms with E-state index in [1.807, 2.05) is 90.7 Å². The van der Waals surface area contributed by atoms with E-state index in [1.165, 1.54) is 23.5 Å². The average Bonchev–Trinajstić information content (AvgIpc) is 1.00. The molecule has 6 aromatic rings. The molecule has 2 unspecified atom stereocenters. The number of anilines is 2. The van der Waals surface area contributed by atoms with Gasteiger partial charge in [0.25, 0.3) is 17.7 Å². The van der Waals surface area contributed by atoms with E-state index in [0.717, 1.165) is 100.0 Å². The number of imide groups is 1. The van der Waals surface area contributed by atoms with E-state index in [4.69, 9.17) is 33.8 Å². The number of aryl methyl sites for hydroxylation is 1. The van der Waals surface area contributed by atoms with Crippen molar-refractivity contribution in [2.24, 2.45) is 16.2 Å². The number of pyridine rings is 1. The van der Waals surface area contributed by atoms with Crippen LogP contribution in [-0.4, -0.2) is 155 Å². The number of rotatable bonds is 29. The van der Waals surface area contributed by atoms with Crippen LogP contribution in [0.2, 0.25) is 0 Å². The van der Waals surface area contributed by atoms with Gasteiger partial charge in [-0.05, 0) is 134 Å². The number of carbonyl (C=O) groups excluding carboxylic acids is 5. The summed E-state index contributed by atoms with van der Waals surface area (Å²) in [7, 11) is 1.75. The van der Waals surface area contributed by atoms with Crippen molar-refractivity contribution < 1.29 is 57.6 Å². The minimum Gasteiger partial charge on any atom is -0.476 e. The van der Waals surface area contributed by atoms with Crippen LogP contribution in [0.1, 0.15) is 114 Å². The summed E-state index contributed by atoms with van der Waals surface area (Å²) in [5.41, 5.74) is 7.12. The molecular formula is C67H79N9O12S. The third-order valence-electron chi connectivity index (χ3n) is 18.0. The first-order valence-corrected chi connectivity index (χ1v) is 31.6. The maximum atomic E-state index is 13.8. The van der Waals surface area contributed by atoms with Gasteiger partial charge in [0.05, 0.1) is 61.7 Å². The van der Waals surface area contributed by atoms with Crippen LogP contribution in [-0.2, 0) is 70.6 Å². The number of benzene rings is 3. The summed E-state index contributed by atoms with van der Waals surface area (Å²) in [4.78, 5) is 89.3. The van der Waals surface area contributed by atoms with Gasteiger partial charge in [-0.2, -0.15) is 5.10 Å². The molecular weight excluding hydrogens is 1150 g/mol. The summed E-state index contributed by atoms with van der Waals surface area (Å²) in [5.74, 6) is -1.92. The van der Waals surface area contributed by atoms with Crippen molar-refractivity contribution in [1.82, 2.24) is 34.9 Å². The first-order valence-electron chi connectivity index (χ1n) is 30.8. The van der Waals surface area contributed by atoms with Crippen molar-refractivity contribution in [1.29, 1.82) is 0 Å². The summed E-state index contributed by atoms with van der Waals surface area (Å²) in [5, 5.41) is 21.9. The van der Waals surface area contributed by atoms with Crippen LogP contribution in [0.25, 0.3) is 21.3 Å². The second-order valence-corrected chi connectivity index (χ2v) is 26.5. The van der Waals surface area contributed by atoms with E-state index in [2.05, 4.69) is 34.1 Å². The predicted molar refractivity (Wildman–Crippen MR) is 334 cm³/mol. The number of aromatic nitrogens is 4. The highest BCUT2D eigenvalue weighted by atomic mass is 32.1. The van der Waals surface area contributed by atoms with Crippen LogP contribution < -0.4 is 15.5 Å². The number of carbonyl (C=O) groups is 6. The van der Waals surface area contributed by atoms with Gasteiger partial charge in [0.2, 0.25) is 5.91 Å². The minimum atomic E-state index is -1.13. The Labute approximate surface area is 522 Å². The van der Waals surface area contributed by atoms with Crippen molar-refractivity contribution in [3.63, 3.8) is 0 Å². The molecule has 4 aliphatic carbocycles. The zero-order chi connectivity index (χ0) is 62.3. The lowest BCUT2D eigenvalue weighted by Crippen LogP contribution is -2.64. The van der Waals surface area contributed by atoms with E-state index >= 15 is 0 Å². The molecule has 22 heteroatoms. The highest BCUT2D eigenvalue weighted by Gasteiger charge is 2.66. The number of hydrogen-bond acceptors (Lipinski definition) is 16. The SMILES string of the molecule is Cc1c(-c2ccc(N3CCc4cccc(C(=O)Nc5nc6ccccc6s5)c4C3)nc2C(=O)O)cnn1CC12CC3(C)CC(C)(C1)CC(OCCN(C)C(=O)OCc1ccc(CCCOCCOCCOCCNC(=O)CCN4C(=O)C=CC4=O)cc1)(C3)C2. The van der Waals surface area contributed by atoms with Gasteiger partial charge in [-0.1, -0.05) is 73.7 Å². The fraction of sp³-hybridized carbons (Fsp3) is 0.478. The molecule has 2 aliphatic heterocycles. The van der Waals surface area contributed by atoms with Crippen LogP contribution in [0.4, 0.5) is 15.7 Å². The summed E-state index contributed by atoms with van der Waals surface area (Å²) in [6.45, 7) is 12.4. The number of para-hydroxylation sites is 1. The molecule has 3 aromatic heterocycles. The van der Waals surface area contributed by atoms with E-state index in [-0.39, 0.29) is 58.9 Å². The first-order chi connectivity index (χ1) is 42.9. The smallest absolute Gasteiger partial charge is 0.409 e. The number of nitrogens with zero attached hydrogens (tertiary/aromatic N) is 7. The zero-order valence-corrected chi connectivity index (χ0v) is 52.0. The number of carboxylic acids is 1. The number of likely N-dealkylation sites (N-methyl/N-ethyl adjacent to an activating group) is 1. The van der Waals surface area contributed by atoms with Crippen LogP contribution in [0.3, 0.4) is 0 Å². The molecule has 3 aromatic carbocycles. The summed E-state index contributed by atoms with van der Waals surface area (Å²) in [6, 6.07) is 25.3. The minimum absolute atomic E-state index is 0.0379. The zero-order valence-electron chi connectivity index (χ0n) is 51.2. The third-order valence-corrected chi connectivity index (χ3v) is 19.0. The Balaban J connectivity index is 0.606. The quantitative estimate of drug-likeness (QED) is 0.0293. The summed E-state index contributed by atoms with van der Waals surface area (Å²) in [6.07, 6.45) is 12.1. The fourth-order valence-corrected chi connectivity index (χ4v) is 16.0. The van der Waals surface area contributed by atoms with Gasteiger partial charge in [-0.3, -0.25) is 34.1 Å². The molecule has 12 rings (SSSR count). The molecule has 0 radical (unpaired) electrons. The van der Waals surface area contributed by atoms with Gasteiger partial charge >= 0.3 is 12.1 Å². The Hall–Kier alpha value is -7.89. The van der Waals surface area contributed by atoms with E-state index < -0.39 is 23.9 Å². The molecule has 470 valence electrons. The van der Waals surface area contributed by atoms with Gasteiger partial charge < -0.3 is 43.9 Å². The van der Waals surface area contributed by atoms with E-state index in [1.54, 1.807) is 18.1 Å². The molecule has 0 spiro atoms. The lowest BCUT2D eigenvalue weighted by molar-refractivity contribution is -0.248. The predicted octanol–water partition coefficient (Wildman–Crippen LogP) is 9.19. The number of nitrogens with one attached hydrogen (secondary N) is 2. The second kappa shape index (κ2) is 27.1. The number of hydrogen-bond donors (Lipinski definition) is 3. The molecule has 4 saturated carbocycles. The number of thiazole rings is 1. The molecule has 3 N–H and O–H groups in total. The average molecular weight is 1230 g/mol. The number of fused-ring (bicyclic) bond motifs is 2. The van der Waals surface area contributed by atoms with Crippen LogP contribution in [0, 0.1) is 23.2 Å². The normalized spacial score (nSPS) is 21.6. The number of amides is 5. The highest BCUT2D eigenvalue weighted by molar-refractivity contribution is 7.22. The van der Waals surface area contributed by atoms with Gasteiger partial charge in [0.15, 0.2) is 10.8 Å². The second-order valence-electron chi connectivity index (χ2n) is 25.4. The van der Waals surface area contributed by atoms with Crippen molar-refractivity contribution in [2.45, 2.75) is 110 Å². The van der Waals surface area contributed by atoms with E-state index in [9.17, 15) is 33.9 Å². The molecule has 89 heavy (non-hydrogen) atoms. The maximum Gasteiger partial charge on any atom is 0.409 e. The largest absolute Gasteiger partial charge is 0.476 e. The Bertz CT molecular complexity index is 3570. The molecule has 5 heterocycles. The van der Waals surface area contributed by atoms with Crippen molar-refractivity contribution in [3.05, 3.63) is 136 Å². The molecule has 6 aliphatic rings. The molecule has 5 amide bonds. The van der Waals surface area contributed by atoms with Crippen LogP contribution >= 0.6 is 11.3 Å². The summed E-state index contributed by atoms with van der Waals surface area (Å²) < 4.78 is 32.6. The Morgan fingerprint density at radius 2 is 1.49 bits per heavy atom. The van der Waals surface area contributed by atoms with Crippen LogP contribution in [0.15, 0.2) is 97.2 Å². The topological polar surface area (TPSA) is 246 Å². The highest BCUT2D eigenvalue weighted by Crippen LogP contribution is 2.72. The van der Waals surface area contributed by atoms with Crippen molar-refractivity contribution in [2.75, 3.05) is 89.7 Å². The standard InChI is InChI=1S/C67H79N9O12S/c1-45-51(49-18-19-55(71-59(49)61(81)82)74-25-22-48-10-7-11-50(52(48)36-74)60(80)72-62-70-53-12-5-6-13-54(53)89-62)35-69-76(45)44-66-39-64(2)38-65(3,40-66)42-67(41-64,43-66)88-30-27-73(4)63(83)87-37-47-16-14-46(15-17-47)9-8-28-84-31-33-86-34-32-85-29-24-68-56(77)23-26-75-57(78)20-21-58(75)79/h5-7,10-21,35H,8-9,22-34,36-44H2,1-4H3,(H,68,77)(H,81,82)(H,70,72,80). The fourth-order valence-electron chi connectivity index (χ4n) is 15.1. The lowest BCUT2D eigenvalue weighted by Gasteiger charge is -2.69. The summed E-state index contributed by atoms with van der Waals surface area (Å²) >= 11 is 1.43. The van der Waals surface area contributed by atoms with Gasteiger partial charge in [0, 0.05) is 93.9 Å². The lowest BCUT2D eigenvalue weighted by atomic mass is 9.39. The monoisotopic (exact) mass is 1230 g/mol. The Morgan fingerprint density at radius 3 is 2.24 bits per heavy atom. The Kier molecular flexibility index (Phi) is 19.1. The third kappa shape index (κ3) is 14.9. The molecule has 21 nitrogen and oxygen atoms in total. The maximum absolute atomic E-state index is 13.8. The van der Waals surface area contributed by atoms with Crippen molar-refractivity contribution >= 4 is 68.2 Å².